The van der Waals surface area contributed by atoms with Crippen molar-refractivity contribution >= 4 is 23.2 Å². The number of amides is 1. The average Bonchev–Trinajstić information content (AvgIpc) is 3.15. The number of ether oxygens (including phenoxy) is 1. The van der Waals surface area contributed by atoms with Crippen LogP contribution in [-0.2, 0) is 23.3 Å². The molecule has 0 unspecified atom stereocenters. The van der Waals surface area contributed by atoms with Crippen LogP contribution >= 0.6 is 11.6 Å². The lowest BCUT2D eigenvalue weighted by molar-refractivity contribution is -0.141. The molecule has 1 aromatic heterocycles. The third-order valence-corrected chi connectivity index (χ3v) is 4.64. The van der Waals surface area contributed by atoms with Gasteiger partial charge < -0.3 is 10.1 Å². The number of rotatable bonds is 5. The third kappa shape index (κ3) is 6.18. The predicted molar refractivity (Wildman–Crippen MR) is 104 cm³/mol. The zero-order valence-electron chi connectivity index (χ0n) is 16.8. The second kappa shape index (κ2) is 9.32. The fraction of sp³-hybridized carbons (Fsp3) is 0.200. The Bertz CT molecular complexity index is 1230. The molecule has 3 aromatic rings. The maximum absolute atomic E-state index is 13.2. The summed E-state index contributed by atoms with van der Waals surface area (Å²) >= 11 is 5.96. The van der Waals surface area contributed by atoms with Crippen LogP contribution in [0, 0.1) is 0 Å². The largest absolute Gasteiger partial charge is 0.467 e. The second-order valence-corrected chi connectivity index (χ2v) is 7.23. The van der Waals surface area contributed by atoms with Crippen molar-refractivity contribution in [2.45, 2.75) is 18.5 Å². The van der Waals surface area contributed by atoms with E-state index in [1.165, 1.54) is 24.3 Å². The first-order valence-electron chi connectivity index (χ1n) is 9.20. The van der Waals surface area contributed by atoms with Crippen molar-refractivity contribution in [1.29, 1.82) is 0 Å². The summed E-state index contributed by atoms with van der Waals surface area (Å²) in [5, 5.41) is 4.94. The molecule has 0 fully saturated rings. The molecule has 2 aromatic carbocycles. The number of para-hydroxylation sites is 1. The monoisotopic (exact) mass is 531 g/mol. The number of nitrogens with one attached hydrogen (secondary N) is 1. The van der Waals surface area contributed by atoms with Crippen LogP contribution in [0.1, 0.15) is 16.8 Å². The molecule has 0 spiro atoms. The molecule has 1 amide bonds. The number of anilines is 1. The number of carbonyl (C=O) groups excluding carboxylic acids is 1. The number of hydrogen-bond acceptors (Lipinski definition) is 3. The number of nitrogens with zero attached hydrogens (tertiary/aromatic N) is 2. The van der Waals surface area contributed by atoms with Gasteiger partial charge in [-0.25, -0.2) is 0 Å². The smallest absolute Gasteiger partial charge is 0.435 e. The topological polar surface area (TPSA) is 56.1 Å². The highest BCUT2D eigenvalue weighted by Gasteiger charge is 2.38. The lowest BCUT2D eigenvalue weighted by Crippen LogP contribution is -2.23. The van der Waals surface area contributed by atoms with Crippen LogP contribution in [0.3, 0.4) is 0 Å². The van der Waals surface area contributed by atoms with Crippen LogP contribution in [0.2, 0.25) is 5.02 Å². The van der Waals surface area contributed by atoms with E-state index in [0.29, 0.717) is 10.7 Å². The highest BCUT2D eigenvalue weighted by molar-refractivity contribution is 6.32. The van der Waals surface area contributed by atoms with E-state index in [0.717, 1.165) is 0 Å². The van der Waals surface area contributed by atoms with E-state index in [9.17, 15) is 44.3 Å². The molecule has 0 saturated carbocycles. The first kappa shape index (κ1) is 26.2. The van der Waals surface area contributed by atoms with Gasteiger partial charge in [-0.1, -0.05) is 23.7 Å². The second-order valence-electron chi connectivity index (χ2n) is 6.82. The number of carbonyl (C=O) groups is 1. The maximum Gasteiger partial charge on any atom is 0.435 e. The van der Waals surface area contributed by atoms with E-state index in [-0.39, 0.29) is 28.9 Å². The molecular weight excluding hydrogens is 521 g/mol. The molecule has 0 aliphatic heterocycles. The summed E-state index contributed by atoms with van der Waals surface area (Å²) in [4.78, 5) is 12.2. The number of alkyl halides is 9. The Morgan fingerprint density at radius 1 is 0.914 bits per heavy atom. The van der Waals surface area contributed by atoms with Gasteiger partial charge in [0.2, 0.25) is 5.88 Å². The summed E-state index contributed by atoms with van der Waals surface area (Å²) < 4.78 is 123. The molecule has 0 atom stereocenters. The van der Waals surface area contributed by atoms with E-state index >= 15 is 0 Å². The Hall–Kier alpha value is -3.42. The van der Waals surface area contributed by atoms with Crippen molar-refractivity contribution in [3.63, 3.8) is 0 Å². The van der Waals surface area contributed by atoms with Gasteiger partial charge >= 0.3 is 18.5 Å². The van der Waals surface area contributed by atoms with E-state index in [1.54, 1.807) is 5.32 Å². The fourth-order valence-electron chi connectivity index (χ4n) is 2.80. The van der Waals surface area contributed by atoms with E-state index in [2.05, 4.69) is 5.10 Å². The van der Waals surface area contributed by atoms with Crippen molar-refractivity contribution < 1.29 is 49.0 Å². The normalized spacial score (nSPS) is 12.5. The van der Waals surface area contributed by atoms with Crippen LogP contribution in [0.5, 0.6) is 5.88 Å². The molecule has 1 heterocycles. The quantitative estimate of drug-likeness (QED) is 0.378. The van der Waals surface area contributed by atoms with Gasteiger partial charge in [0, 0.05) is 6.07 Å². The summed E-state index contributed by atoms with van der Waals surface area (Å²) in [6, 6.07) is 6.32. The van der Waals surface area contributed by atoms with Crippen molar-refractivity contribution in [1.82, 2.24) is 9.78 Å². The van der Waals surface area contributed by atoms with Crippen LogP contribution in [0.25, 0.3) is 5.69 Å². The number of halogens is 10. The van der Waals surface area contributed by atoms with Gasteiger partial charge in [0.15, 0.2) is 12.3 Å². The number of benzene rings is 2. The Morgan fingerprint density at radius 3 is 2.14 bits per heavy atom. The molecule has 3 rings (SSSR count). The minimum atomic E-state index is -5.11. The molecule has 0 saturated heterocycles. The summed E-state index contributed by atoms with van der Waals surface area (Å²) in [7, 11) is 0. The molecular formula is C20H11ClF9N3O2. The van der Waals surface area contributed by atoms with Crippen LogP contribution < -0.4 is 10.1 Å². The zero-order valence-corrected chi connectivity index (χ0v) is 17.6. The van der Waals surface area contributed by atoms with Crippen LogP contribution in [0.4, 0.5) is 45.2 Å². The SMILES string of the molecule is O=C(COc1cc(C(F)(F)F)nn1-c1ccccc1Cl)Nc1cc(C(F)(F)F)ccc1C(F)(F)F. The molecule has 0 bridgehead atoms. The Labute approximate surface area is 195 Å². The van der Waals surface area contributed by atoms with Crippen LogP contribution in [0.15, 0.2) is 48.5 Å². The highest BCUT2D eigenvalue weighted by Crippen LogP contribution is 2.39. The lowest BCUT2D eigenvalue weighted by Gasteiger charge is -2.16. The summed E-state index contributed by atoms with van der Waals surface area (Å²) in [5.41, 5.74) is -5.74. The van der Waals surface area contributed by atoms with Gasteiger partial charge in [-0.15, -0.1) is 0 Å². The molecule has 1 N–H and O–H groups in total. The van der Waals surface area contributed by atoms with Gasteiger partial charge in [0.1, 0.15) is 0 Å². The summed E-state index contributed by atoms with van der Waals surface area (Å²) in [6.07, 6.45) is -15.0. The first-order chi connectivity index (χ1) is 16.1. The summed E-state index contributed by atoms with van der Waals surface area (Å²) in [5.74, 6) is -2.03. The zero-order chi connectivity index (χ0) is 26.2. The average molecular weight is 532 g/mol. The summed E-state index contributed by atoms with van der Waals surface area (Å²) in [6.45, 7) is -1.17. The molecule has 188 valence electrons. The lowest BCUT2D eigenvalue weighted by atomic mass is 10.1. The van der Waals surface area contributed by atoms with Crippen molar-refractivity contribution in [3.05, 3.63) is 70.4 Å². The molecule has 5 nitrogen and oxygen atoms in total. The fourth-order valence-corrected chi connectivity index (χ4v) is 3.01. The van der Waals surface area contributed by atoms with Gasteiger partial charge in [-0.05, 0) is 30.3 Å². The molecule has 0 radical (unpaired) electrons. The first-order valence-corrected chi connectivity index (χ1v) is 9.58. The predicted octanol–water partition coefficient (Wildman–Crippen LogP) is 6.60. The minimum absolute atomic E-state index is 0.0441. The highest BCUT2D eigenvalue weighted by atomic mass is 35.5. The number of hydrogen-bond donors (Lipinski definition) is 1. The van der Waals surface area contributed by atoms with Gasteiger partial charge in [0.25, 0.3) is 5.91 Å². The Balaban J connectivity index is 1.88. The number of aromatic nitrogens is 2. The Morgan fingerprint density at radius 2 is 1.57 bits per heavy atom. The van der Waals surface area contributed by atoms with Crippen molar-refractivity contribution in [2.75, 3.05) is 11.9 Å². The molecule has 0 aliphatic rings. The van der Waals surface area contributed by atoms with E-state index < -0.39 is 59.4 Å². The molecule has 15 heteroatoms. The third-order valence-electron chi connectivity index (χ3n) is 4.33. The van der Waals surface area contributed by atoms with Gasteiger partial charge in [-0.3, -0.25) is 4.79 Å². The van der Waals surface area contributed by atoms with E-state index in [4.69, 9.17) is 16.3 Å². The standard InChI is InChI=1S/C20H11ClF9N3O2/c21-12-3-1-2-4-14(12)33-17(8-15(32-33)20(28,29)30)35-9-16(34)31-13-7-10(18(22,23)24)5-6-11(13)19(25,26)27/h1-8H,9H2,(H,31,34). The molecule has 0 aliphatic carbocycles. The minimum Gasteiger partial charge on any atom is -0.467 e. The van der Waals surface area contributed by atoms with Gasteiger partial charge in [-0.2, -0.15) is 49.3 Å². The Kier molecular flexibility index (Phi) is 6.97. The molecule has 35 heavy (non-hydrogen) atoms. The van der Waals surface area contributed by atoms with Crippen LogP contribution in [-0.4, -0.2) is 22.3 Å². The van der Waals surface area contributed by atoms with Gasteiger partial charge in [0.05, 0.1) is 27.5 Å². The van der Waals surface area contributed by atoms with Crippen molar-refractivity contribution in [2.24, 2.45) is 0 Å². The van der Waals surface area contributed by atoms with Crippen molar-refractivity contribution in [3.8, 4) is 11.6 Å². The maximum atomic E-state index is 13.2. The van der Waals surface area contributed by atoms with E-state index in [1.807, 2.05) is 0 Å².